The molecule has 0 heterocycles. The van der Waals surface area contributed by atoms with Crippen LogP contribution in [-0.4, -0.2) is 5.97 Å². The third-order valence-electron chi connectivity index (χ3n) is 2.25. The maximum absolute atomic E-state index is 11.0. The van der Waals surface area contributed by atoms with Gasteiger partial charge in [0.2, 0.25) is 0 Å². The van der Waals surface area contributed by atoms with Crippen LogP contribution in [0.2, 0.25) is 0 Å². The van der Waals surface area contributed by atoms with Crippen molar-refractivity contribution in [1.82, 2.24) is 0 Å². The van der Waals surface area contributed by atoms with E-state index in [1.807, 2.05) is 13.0 Å². The van der Waals surface area contributed by atoms with Gasteiger partial charge in [-0.15, -0.1) is 0 Å². The van der Waals surface area contributed by atoms with E-state index in [0.29, 0.717) is 5.76 Å². The fraction of sp³-hybridized carbons (Fsp3) is 0.417. The molecule has 76 valence electrons. The quantitative estimate of drug-likeness (QED) is 0.390. The van der Waals surface area contributed by atoms with Crippen molar-refractivity contribution in [2.75, 3.05) is 0 Å². The highest BCUT2D eigenvalue weighted by Crippen LogP contribution is 2.24. The zero-order valence-corrected chi connectivity index (χ0v) is 8.58. The topological polar surface area (TPSA) is 26.3 Å². The van der Waals surface area contributed by atoms with E-state index in [4.69, 9.17) is 4.74 Å². The van der Waals surface area contributed by atoms with E-state index in [2.05, 4.69) is 12.7 Å². The Bertz CT molecular complexity index is 285. The summed E-state index contributed by atoms with van der Waals surface area (Å²) in [6.07, 6.45) is 9.66. The molecule has 0 aliphatic heterocycles. The Labute approximate surface area is 85.0 Å². The second-order valence-corrected chi connectivity index (χ2v) is 3.25. The second-order valence-electron chi connectivity index (χ2n) is 3.25. The molecule has 0 atom stereocenters. The minimum Gasteiger partial charge on any atom is -0.423 e. The molecule has 2 nitrogen and oxygen atoms in total. The molecule has 0 aromatic carbocycles. The fourth-order valence-electron chi connectivity index (χ4n) is 1.52. The number of esters is 1. The van der Waals surface area contributed by atoms with Gasteiger partial charge in [-0.25, -0.2) is 4.79 Å². The maximum atomic E-state index is 11.0. The molecular formula is C12H16O2. The Hall–Kier alpha value is -1.31. The normalized spacial score (nSPS) is 17.2. The highest BCUT2D eigenvalue weighted by atomic mass is 16.5. The van der Waals surface area contributed by atoms with Crippen molar-refractivity contribution in [2.24, 2.45) is 0 Å². The Morgan fingerprint density at radius 1 is 1.57 bits per heavy atom. The molecule has 0 N–H and O–H groups in total. The summed E-state index contributed by atoms with van der Waals surface area (Å²) in [4.78, 5) is 11.0. The van der Waals surface area contributed by atoms with Gasteiger partial charge in [0.1, 0.15) is 5.76 Å². The van der Waals surface area contributed by atoms with Gasteiger partial charge in [0.15, 0.2) is 0 Å². The van der Waals surface area contributed by atoms with Gasteiger partial charge in [-0.05, 0) is 44.3 Å². The van der Waals surface area contributed by atoms with E-state index in [-0.39, 0.29) is 5.97 Å². The van der Waals surface area contributed by atoms with Crippen LogP contribution < -0.4 is 0 Å². The molecule has 0 spiro atoms. The molecule has 1 aliphatic carbocycles. The van der Waals surface area contributed by atoms with Gasteiger partial charge in [-0.2, -0.15) is 0 Å². The van der Waals surface area contributed by atoms with E-state index in [9.17, 15) is 4.79 Å². The number of carbonyl (C=O) groups is 1. The fourth-order valence-corrected chi connectivity index (χ4v) is 1.52. The first kappa shape index (κ1) is 10.8. The molecule has 1 rings (SSSR count). The van der Waals surface area contributed by atoms with Gasteiger partial charge < -0.3 is 4.74 Å². The third kappa shape index (κ3) is 2.87. The van der Waals surface area contributed by atoms with E-state index >= 15 is 0 Å². The standard InChI is InChI=1S/C12H16O2/c1-3-11(14-12(13)4-2)10-8-6-5-7-9-10/h3-4,8H,2,5-7,9H2,1H3. The lowest BCUT2D eigenvalue weighted by molar-refractivity contribution is -0.133. The Morgan fingerprint density at radius 2 is 2.36 bits per heavy atom. The van der Waals surface area contributed by atoms with Crippen LogP contribution >= 0.6 is 0 Å². The van der Waals surface area contributed by atoms with Crippen LogP contribution in [0.4, 0.5) is 0 Å². The first-order chi connectivity index (χ1) is 6.77. The average Bonchev–Trinajstić information content (AvgIpc) is 2.26. The number of carbonyl (C=O) groups excluding carboxylic acids is 1. The summed E-state index contributed by atoms with van der Waals surface area (Å²) in [6, 6.07) is 0. The van der Waals surface area contributed by atoms with Crippen LogP contribution in [-0.2, 0) is 9.53 Å². The predicted molar refractivity (Wildman–Crippen MR) is 56.6 cm³/mol. The average molecular weight is 192 g/mol. The van der Waals surface area contributed by atoms with Crippen molar-refractivity contribution in [3.05, 3.63) is 36.1 Å². The molecule has 0 saturated heterocycles. The summed E-state index contributed by atoms with van der Waals surface area (Å²) in [6.45, 7) is 5.25. The van der Waals surface area contributed by atoms with E-state index in [1.54, 1.807) is 0 Å². The largest absolute Gasteiger partial charge is 0.423 e. The number of rotatable bonds is 3. The number of allylic oxidation sites excluding steroid dienone is 3. The van der Waals surface area contributed by atoms with Crippen LogP contribution in [0.15, 0.2) is 36.1 Å². The van der Waals surface area contributed by atoms with E-state index < -0.39 is 0 Å². The van der Waals surface area contributed by atoms with Gasteiger partial charge in [0.25, 0.3) is 0 Å². The van der Waals surface area contributed by atoms with E-state index in [1.165, 1.54) is 18.9 Å². The number of hydrogen-bond acceptors (Lipinski definition) is 2. The van der Waals surface area contributed by atoms with Crippen LogP contribution in [0.5, 0.6) is 0 Å². The van der Waals surface area contributed by atoms with Gasteiger partial charge >= 0.3 is 5.97 Å². The van der Waals surface area contributed by atoms with Crippen LogP contribution in [0.25, 0.3) is 0 Å². The molecule has 0 bridgehead atoms. The van der Waals surface area contributed by atoms with Crippen molar-refractivity contribution < 1.29 is 9.53 Å². The first-order valence-corrected chi connectivity index (χ1v) is 4.98. The molecule has 1 aliphatic rings. The third-order valence-corrected chi connectivity index (χ3v) is 2.25. The lowest BCUT2D eigenvalue weighted by atomic mass is 9.98. The van der Waals surface area contributed by atoms with Crippen molar-refractivity contribution in [1.29, 1.82) is 0 Å². The summed E-state index contributed by atoms with van der Waals surface area (Å²) < 4.78 is 5.12. The van der Waals surface area contributed by atoms with Crippen molar-refractivity contribution in [3.63, 3.8) is 0 Å². The molecule has 0 aromatic heterocycles. The highest BCUT2D eigenvalue weighted by molar-refractivity contribution is 5.82. The summed E-state index contributed by atoms with van der Waals surface area (Å²) in [5.41, 5.74) is 1.15. The first-order valence-electron chi connectivity index (χ1n) is 4.98. The van der Waals surface area contributed by atoms with E-state index in [0.717, 1.165) is 18.4 Å². The maximum Gasteiger partial charge on any atom is 0.335 e. The minimum absolute atomic E-state index is 0.385. The summed E-state index contributed by atoms with van der Waals surface area (Å²) in [5.74, 6) is 0.305. The van der Waals surface area contributed by atoms with Crippen LogP contribution in [0, 0.1) is 0 Å². The Balaban J connectivity index is 2.66. The smallest absolute Gasteiger partial charge is 0.335 e. The summed E-state index contributed by atoms with van der Waals surface area (Å²) in [5, 5.41) is 0. The van der Waals surface area contributed by atoms with Gasteiger partial charge in [-0.3, -0.25) is 0 Å². The molecular weight excluding hydrogens is 176 g/mol. The number of ether oxygens (including phenoxy) is 1. The lowest BCUT2D eigenvalue weighted by Crippen LogP contribution is -2.04. The monoisotopic (exact) mass is 192 g/mol. The zero-order valence-electron chi connectivity index (χ0n) is 8.58. The summed E-state index contributed by atoms with van der Waals surface area (Å²) in [7, 11) is 0. The molecule has 2 heteroatoms. The molecule has 0 aromatic rings. The van der Waals surface area contributed by atoms with Crippen LogP contribution in [0.1, 0.15) is 32.6 Å². The molecule has 0 amide bonds. The highest BCUT2D eigenvalue weighted by Gasteiger charge is 2.11. The molecule has 0 fully saturated rings. The second kappa shape index (κ2) is 5.43. The molecule has 14 heavy (non-hydrogen) atoms. The van der Waals surface area contributed by atoms with Gasteiger partial charge in [0, 0.05) is 6.08 Å². The van der Waals surface area contributed by atoms with Gasteiger partial charge in [-0.1, -0.05) is 12.7 Å². The predicted octanol–water partition coefficient (Wildman–Crippen LogP) is 3.12. The van der Waals surface area contributed by atoms with Crippen LogP contribution in [0.3, 0.4) is 0 Å². The molecule has 0 unspecified atom stereocenters. The summed E-state index contributed by atoms with van der Waals surface area (Å²) >= 11 is 0. The zero-order chi connectivity index (χ0) is 10.4. The SMILES string of the molecule is C=CC(=O)OC(=CC)C1=CCCCC1. The Morgan fingerprint density at radius 3 is 2.86 bits per heavy atom. The lowest BCUT2D eigenvalue weighted by Gasteiger charge is -2.14. The number of hydrogen-bond donors (Lipinski definition) is 0. The Kier molecular flexibility index (Phi) is 4.17. The molecule has 0 saturated carbocycles. The van der Waals surface area contributed by atoms with Crippen molar-refractivity contribution in [3.8, 4) is 0 Å². The van der Waals surface area contributed by atoms with Crippen molar-refractivity contribution in [2.45, 2.75) is 32.6 Å². The molecule has 0 radical (unpaired) electrons. The van der Waals surface area contributed by atoms with Gasteiger partial charge in [0.05, 0.1) is 0 Å². The minimum atomic E-state index is -0.385. The van der Waals surface area contributed by atoms with Crippen molar-refractivity contribution >= 4 is 5.97 Å².